The highest BCUT2D eigenvalue weighted by Crippen LogP contribution is 2.06. The van der Waals surface area contributed by atoms with Crippen LogP contribution in [-0.2, 0) is 16.1 Å². The molecule has 0 saturated heterocycles. The van der Waals surface area contributed by atoms with E-state index in [-0.39, 0.29) is 13.0 Å². The van der Waals surface area contributed by atoms with Gasteiger partial charge in [-0.25, -0.2) is 4.79 Å². The smallest absolute Gasteiger partial charge is 0.410 e. The zero-order valence-corrected chi connectivity index (χ0v) is 10.5. The number of nitrogens with zero attached hydrogens (tertiary/aromatic N) is 1. The first-order valence-corrected chi connectivity index (χ1v) is 5.70. The summed E-state index contributed by atoms with van der Waals surface area (Å²) < 4.78 is 5.02. The minimum absolute atomic E-state index is 0.119. The van der Waals surface area contributed by atoms with Gasteiger partial charge in [-0.2, -0.15) is 0 Å². The van der Waals surface area contributed by atoms with Gasteiger partial charge in [0.05, 0.1) is 12.0 Å². The van der Waals surface area contributed by atoms with Crippen molar-refractivity contribution in [3.05, 3.63) is 35.9 Å². The van der Waals surface area contributed by atoms with Gasteiger partial charge < -0.3 is 19.5 Å². The van der Waals surface area contributed by atoms with Gasteiger partial charge in [0.2, 0.25) is 0 Å². The number of aliphatic carboxylic acids is 1. The number of carbonyl (C=O) groups is 2. The molecule has 18 heavy (non-hydrogen) atoms. The van der Waals surface area contributed by atoms with Gasteiger partial charge in [-0.05, 0) is 12.0 Å². The largest absolute Gasteiger partial charge is 0.548 e. The fraction of sp³-hybridized carbons (Fsp3) is 0.385. The van der Waals surface area contributed by atoms with E-state index < -0.39 is 18.1 Å². The van der Waals surface area contributed by atoms with Crippen LogP contribution >= 0.6 is 0 Å². The summed E-state index contributed by atoms with van der Waals surface area (Å²) in [7, 11) is 1.39. The van der Waals surface area contributed by atoms with Crippen molar-refractivity contribution in [3.63, 3.8) is 0 Å². The van der Waals surface area contributed by atoms with Gasteiger partial charge in [-0.3, -0.25) is 0 Å². The zero-order chi connectivity index (χ0) is 13.5. The molecule has 0 saturated carbocycles. The molecular weight excluding hydrogens is 234 g/mol. The molecule has 1 unspecified atom stereocenters. The van der Waals surface area contributed by atoms with E-state index in [1.165, 1.54) is 7.05 Å². The first-order valence-electron chi connectivity index (χ1n) is 5.70. The van der Waals surface area contributed by atoms with Gasteiger partial charge in [0, 0.05) is 7.05 Å². The molecule has 0 heterocycles. The molecule has 0 bridgehead atoms. The third-order valence-electron chi connectivity index (χ3n) is 2.62. The van der Waals surface area contributed by atoms with E-state index in [1.807, 2.05) is 30.3 Å². The van der Waals surface area contributed by atoms with Crippen molar-refractivity contribution < 1.29 is 19.4 Å². The summed E-state index contributed by atoms with van der Waals surface area (Å²) >= 11 is 0. The molecular formula is C13H16NO4-. The summed E-state index contributed by atoms with van der Waals surface area (Å²) in [6.45, 7) is 1.79. The highest BCUT2D eigenvalue weighted by Gasteiger charge is 2.20. The van der Waals surface area contributed by atoms with Crippen molar-refractivity contribution in [2.75, 3.05) is 7.05 Å². The van der Waals surface area contributed by atoms with Gasteiger partial charge in [-0.15, -0.1) is 0 Å². The third-order valence-corrected chi connectivity index (χ3v) is 2.62. The summed E-state index contributed by atoms with van der Waals surface area (Å²) in [5, 5.41) is 10.8. The van der Waals surface area contributed by atoms with Gasteiger partial charge in [0.1, 0.15) is 6.61 Å². The predicted octanol–water partition coefficient (Wildman–Crippen LogP) is 0.784. The fourth-order valence-electron chi connectivity index (χ4n) is 1.55. The van der Waals surface area contributed by atoms with E-state index >= 15 is 0 Å². The van der Waals surface area contributed by atoms with Crippen molar-refractivity contribution in [2.45, 2.75) is 26.0 Å². The molecule has 1 atom stereocenters. The van der Waals surface area contributed by atoms with Crippen LogP contribution in [0.3, 0.4) is 0 Å². The predicted molar refractivity (Wildman–Crippen MR) is 63.5 cm³/mol. The number of hydrogen-bond donors (Lipinski definition) is 0. The Hall–Kier alpha value is -2.04. The molecule has 0 radical (unpaired) electrons. The molecule has 1 amide bonds. The lowest BCUT2D eigenvalue weighted by atomic mass is 10.2. The van der Waals surface area contributed by atoms with Crippen LogP contribution in [0.1, 0.15) is 18.9 Å². The maximum absolute atomic E-state index is 11.6. The monoisotopic (exact) mass is 250 g/mol. The average Bonchev–Trinajstić information content (AvgIpc) is 2.37. The Morgan fingerprint density at radius 1 is 1.33 bits per heavy atom. The second-order valence-corrected chi connectivity index (χ2v) is 3.89. The Morgan fingerprint density at radius 2 is 1.94 bits per heavy atom. The number of rotatable bonds is 5. The van der Waals surface area contributed by atoms with Crippen LogP contribution in [0.4, 0.5) is 4.79 Å². The van der Waals surface area contributed by atoms with Crippen LogP contribution in [0.5, 0.6) is 0 Å². The van der Waals surface area contributed by atoms with E-state index in [2.05, 4.69) is 0 Å². The second kappa shape index (κ2) is 6.64. The number of amides is 1. The van der Waals surface area contributed by atoms with Crippen molar-refractivity contribution >= 4 is 12.1 Å². The highest BCUT2D eigenvalue weighted by molar-refractivity contribution is 5.78. The molecule has 98 valence electrons. The number of hydrogen-bond acceptors (Lipinski definition) is 4. The molecule has 0 fully saturated rings. The van der Waals surface area contributed by atoms with Crippen LogP contribution in [0, 0.1) is 0 Å². The van der Waals surface area contributed by atoms with Crippen LogP contribution in [0.25, 0.3) is 0 Å². The number of carbonyl (C=O) groups excluding carboxylic acids is 2. The van der Waals surface area contributed by atoms with Crippen molar-refractivity contribution in [1.82, 2.24) is 4.90 Å². The maximum atomic E-state index is 11.6. The van der Waals surface area contributed by atoms with Gasteiger partial charge in [0.25, 0.3) is 0 Å². The molecule has 5 heteroatoms. The summed E-state index contributed by atoms with van der Waals surface area (Å²) in [6, 6.07) is 8.22. The van der Waals surface area contributed by atoms with Crippen LogP contribution in [0.2, 0.25) is 0 Å². The average molecular weight is 250 g/mol. The van der Waals surface area contributed by atoms with E-state index in [9.17, 15) is 14.7 Å². The number of carboxylic acids is 1. The lowest BCUT2D eigenvalue weighted by Crippen LogP contribution is -2.48. The van der Waals surface area contributed by atoms with E-state index in [4.69, 9.17) is 4.74 Å². The normalized spacial score (nSPS) is 11.7. The van der Waals surface area contributed by atoms with Crippen molar-refractivity contribution in [3.8, 4) is 0 Å². The Bertz CT molecular complexity index is 405. The van der Waals surface area contributed by atoms with Gasteiger partial charge >= 0.3 is 6.09 Å². The zero-order valence-electron chi connectivity index (χ0n) is 10.5. The molecule has 5 nitrogen and oxygen atoms in total. The molecule has 1 aromatic rings. The van der Waals surface area contributed by atoms with Gasteiger partial charge in [-0.1, -0.05) is 37.3 Å². The van der Waals surface area contributed by atoms with Gasteiger partial charge in [0.15, 0.2) is 0 Å². The number of carboxylic acid groups (broad SMARTS) is 1. The maximum Gasteiger partial charge on any atom is 0.410 e. The summed E-state index contributed by atoms with van der Waals surface area (Å²) in [6.07, 6.45) is -0.394. The fourth-order valence-corrected chi connectivity index (χ4v) is 1.55. The molecule has 0 aliphatic heterocycles. The summed E-state index contributed by atoms with van der Waals surface area (Å²) in [4.78, 5) is 23.5. The van der Waals surface area contributed by atoms with Crippen molar-refractivity contribution in [2.24, 2.45) is 0 Å². The van der Waals surface area contributed by atoms with Crippen molar-refractivity contribution in [1.29, 1.82) is 0 Å². The first-order chi connectivity index (χ1) is 8.56. The second-order valence-electron chi connectivity index (χ2n) is 3.89. The summed E-state index contributed by atoms with van der Waals surface area (Å²) in [5.41, 5.74) is 0.848. The molecule has 1 aromatic carbocycles. The van der Waals surface area contributed by atoms with E-state index in [1.54, 1.807) is 6.92 Å². The molecule has 0 aliphatic rings. The summed E-state index contributed by atoms with van der Waals surface area (Å²) in [5.74, 6) is -1.28. The minimum atomic E-state index is -1.28. The third kappa shape index (κ3) is 3.76. The minimum Gasteiger partial charge on any atom is -0.548 e. The Balaban J connectivity index is 2.52. The quantitative estimate of drug-likeness (QED) is 0.774. The number of benzene rings is 1. The standard InChI is InChI=1S/C13H17NO4/c1-3-11(12(15)16)14(2)13(17)18-9-10-7-5-4-6-8-10/h4-8,11H,3,9H2,1-2H3,(H,15,16)/p-1. The van der Waals surface area contributed by atoms with E-state index in [0.29, 0.717) is 0 Å². The lowest BCUT2D eigenvalue weighted by Gasteiger charge is -2.27. The lowest BCUT2D eigenvalue weighted by molar-refractivity contribution is -0.310. The molecule has 0 N–H and O–H groups in total. The molecule has 1 rings (SSSR count). The SMILES string of the molecule is CCC(C(=O)[O-])N(C)C(=O)OCc1ccccc1. The molecule has 0 spiro atoms. The Kier molecular flexibility index (Phi) is 5.17. The Morgan fingerprint density at radius 3 is 2.44 bits per heavy atom. The highest BCUT2D eigenvalue weighted by atomic mass is 16.6. The molecule has 0 aromatic heterocycles. The Labute approximate surface area is 106 Å². The number of likely N-dealkylation sites (N-methyl/N-ethyl adjacent to an activating group) is 1. The topological polar surface area (TPSA) is 69.7 Å². The van der Waals surface area contributed by atoms with Crippen LogP contribution < -0.4 is 5.11 Å². The number of ether oxygens (including phenoxy) is 1. The molecule has 0 aliphatic carbocycles. The first kappa shape index (κ1) is 14.0. The van der Waals surface area contributed by atoms with Crippen LogP contribution in [0.15, 0.2) is 30.3 Å². The van der Waals surface area contributed by atoms with E-state index in [0.717, 1.165) is 10.5 Å². The van der Waals surface area contributed by atoms with Crippen LogP contribution in [-0.4, -0.2) is 30.1 Å².